The Kier molecular flexibility index (Phi) is 4.53. The molecule has 25 heavy (non-hydrogen) atoms. The number of aromatic hydroxyl groups is 1. The first-order valence-corrected chi connectivity index (χ1v) is 7.49. The van der Waals surface area contributed by atoms with Crippen molar-refractivity contribution in [2.75, 3.05) is 19.5 Å². The monoisotopic (exact) mass is 355 g/mol. The molecule has 9 heteroatoms. The lowest BCUT2D eigenvalue weighted by molar-refractivity contribution is -0.137. The van der Waals surface area contributed by atoms with Gasteiger partial charge in [0, 0.05) is 36.8 Å². The zero-order valence-corrected chi connectivity index (χ0v) is 13.3. The number of nitrogens with zero attached hydrogens (tertiary/aromatic N) is 2. The number of hydrogen-bond donors (Lipinski definition) is 2. The van der Waals surface area contributed by atoms with Gasteiger partial charge in [0.05, 0.1) is 18.3 Å². The number of fused-ring (bicyclic) bond motifs is 1. The maximum Gasteiger partial charge on any atom is 0.416 e. The van der Waals surface area contributed by atoms with Crippen LogP contribution in [-0.2, 0) is 22.3 Å². The average Bonchev–Trinajstić information content (AvgIpc) is 2.98. The van der Waals surface area contributed by atoms with E-state index in [1.807, 2.05) is 0 Å². The van der Waals surface area contributed by atoms with Crippen LogP contribution in [0.4, 0.5) is 19.0 Å². The minimum Gasteiger partial charge on any atom is -0.507 e. The molecule has 134 valence electrons. The summed E-state index contributed by atoms with van der Waals surface area (Å²) in [6.45, 7) is 0.631. The number of aromatic nitrogens is 2. The van der Waals surface area contributed by atoms with Crippen molar-refractivity contribution in [3.63, 3.8) is 0 Å². The third-order valence-electron chi connectivity index (χ3n) is 4.06. The molecular formula is C16H16F3N3O3. The Morgan fingerprint density at radius 1 is 1.36 bits per heavy atom. The molecule has 0 aliphatic carbocycles. The van der Waals surface area contributed by atoms with Crippen molar-refractivity contribution in [1.82, 2.24) is 10.2 Å². The van der Waals surface area contributed by atoms with E-state index in [-0.39, 0.29) is 29.8 Å². The molecule has 1 aromatic carbocycles. The maximum absolute atomic E-state index is 12.8. The molecule has 3 rings (SSSR count). The fraction of sp³-hybridized carbons (Fsp3) is 0.375. The van der Waals surface area contributed by atoms with Crippen molar-refractivity contribution in [1.29, 1.82) is 0 Å². The Balaban J connectivity index is 2.04. The lowest BCUT2D eigenvalue weighted by atomic mass is 9.98. The van der Waals surface area contributed by atoms with Gasteiger partial charge >= 0.3 is 6.18 Å². The molecule has 2 heterocycles. The Morgan fingerprint density at radius 3 is 2.76 bits per heavy atom. The molecule has 0 spiro atoms. The van der Waals surface area contributed by atoms with E-state index in [1.54, 1.807) is 7.11 Å². The average molecular weight is 355 g/mol. The van der Waals surface area contributed by atoms with Crippen LogP contribution in [-0.4, -0.2) is 29.0 Å². The van der Waals surface area contributed by atoms with Crippen molar-refractivity contribution >= 4 is 5.82 Å². The van der Waals surface area contributed by atoms with Crippen molar-refractivity contribution < 1.29 is 27.8 Å². The molecule has 0 saturated carbocycles. The summed E-state index contributed by atoms with van der Waals surface area (Å²) in [5.74, 6) is -0.333. The molecule has 3 N–H and O–H groups in total. The lowest BCUT2D eigenvalue weighted by Gasteiger charge is -2.13. The fourth-order valence-electron chi connectivity index (χ4n) is 2.85. The predicted octanol–water partition coefficient (Wildman–Crippen LogP) is 3.06. The number of halogens is 3. The first-order valence-electron chi connectivity index (χ1n) is 7.49. The molecule has 0 saturated heterocycles. The molecule has 1 atom stereocenters. The van der Waals surface area contributed by atoms with E-state index in [1.165, 1.54) is 6.07 Å². The molecule has 0 fully saturated rings. The highest BCUT2D eigenvalue weighted by Crippen LogP contribution is 2.43. The molecule has 0 amide bonds. The molecular weight excluding hydrogens is 339 g/mol. The zero-order valence-electron chi connectivity index (χ0n) is 13.3. The summed E-state index contributed by atoms with van der Waals surface area (Å²) in [6.07, 6.45) is -4.32. The Morgan fingerprint density at radius 2 is 2.12 bits per heavy atom. The van der Waals surface area contributed by atoms with E-state index >= 15 is 0 Å². The van der Waals surface area contributed by atoms with E-state index < -0.39 is 17.5 Å². The minimum absolute atomic E-state index is 0.146. The Labute approximate surface area is 141 Å². The van der Waals surface area contributed by atoms with Gasteiger partial charge in [-0.15, -0.1) is 10.2 Å². The number of phenolic OH excluding ortho intramolecular Hbond substituents is 1. The smallest absolute Gasteiger partial charge is 0.416 e. The fourth-order valence-corrected chi connectivity index (χ4v) is 2.85. The number of anilines is 1. The number of methoxy groups -OCH3 is 1. The summed E-state index contributed by atoms with van der Waals surface area (Å²) >= 11 is 0. The van der Waals surface area contributed by atoms with E-state index in [4.69, 9.17) is 15.2 Å². The summed E-state index contributed by atoms with van der Waals surface area (Å²) in [5.41, 5.74) is 6.61. The number of nitrogen functional groups attached to an aromatic ring is 1. The Hall–Kier alpha value is -2.39. The predicted molar refractivity (Wildman–Crippen MR) is 82.6 cm³/mol. The van der Waals surface area contributed by atoms with E-state index in [9.17, 15) is 18.3 Å². The number of benzene rings is 1. The second kappa shape index (κ2) is 6.49. The first kappa shape index (κ1) is 17.4. The highest BCUT2D eigenvalue weighted by molar-refractivity contribution is 5.73. The lowest BCUT2D eigenvalue weighted by Crippen LogP contribution is -2.08. The van der Waals surface area contributed by atoms with Gasteiger partial charge < -0.3 is 20.3 Å². The molecule has 1 aliphatic rings. The van der Waals surface area contributed by atoms with E-state index in [2.05, 4.69) is 10.2 Å². The number of alkyl halides is 3. The van der Waals surface area contributed by atoms with Gasteiger partial charge in [0.2, 0.25) is 0 Å². The number of nitrogens with two attached hydrogens (primary N) is 1. The van der Waals surface area contributed by atoms with Crippen LogP contribution in [0.25, 0.3) is 11.3 Å². The second-order valence-electron chi connectivity index (χ2n) is 5.64. The highest BCUT2D eigenvalue weighted by atomic mass is 19.4. The van der Waals surface area contributed by atoms with Crippen LogP contribution in [0.1, 0.15) is 29.2 Å². The highest BCUT2D eigenvalue weighted by Gasteiger charge is 2.33. The van der Waals surface area contributed by atoms with E-state index in [0.717, 1.165) is 6.07 Å². The number of ether oxygens (including phenoxy) is 2. The van der Waals surface area contributed by atoms with Crippen molar-refractivity contribution in [3.05, 3.63) is 34.9 Å². The molecule has 1 aliphatic heterocycles. The van der Waals surface area contributed by atoms with Gasteiger partial charge in [-0.25, -0.2) is 0 Å². The summed E-state index contributed by atoms with van der Waals surface area (Å²) < 4.78 is 49.0. The quantitative estimate of drug-likeness (QED) is 0.876. The minimum atomic E-state index is -4.54. The maximum atomic E-state index is 12.8. The van der Waals surface area contributed by atoms with Gasteiger partial charge in [-0.05, 0) is 18.2 Å². The normalized spacial score (nSPS) is 16.9. The van der Waals surface area contributed by atoms with Crippen LogP contribution in [0, 0.1) is 0 Å². The third-order valence-corrected chi connectivity index (χ3v) is 4.06. The van der Waals surface area contributed by atoms with Gasteiger partial charge in [0.15, 0.2) is 5.82 Å². The number of hydrogen-bond acceptors (Lipinski definition) is 6. The van der Waals surface area contributed by atoms with E-state index in [0.29, 0.717) is 30.2 Å². The summed E-state index contributed by atoms with van der Waals surface area (Å²) in [6, 6.07) is 2.72. The van der Waals surface area contributed by atoms with Crippen LogP contribution in [0.2, 0.25) is 0 Å². The van der Waals surface area contributed by atoms with Crippen molar-refractivity contribution in [3.8, 4) is 17.0 Å². The third kappa shape index (κ3) is 3.24. The largest absolute Gasteiger partial charge is 0.507 e. The van der Waals surface area contributed by atoms with Crippen molar-refractivity contribution in [2.45, 2.75) is 25.3 Å². The summed E-state index contributed by atoms with van der Waals surface area (Å²) in [7, 11) is 1.57. The van der Waals surface area contributed by atoms with Gasteiger partial charge in [-0.3, -0.25) is 0 Å². The summed E-state index contributed by atoms with van der Waals surface area (Å²) in [5, 5.41) is 17.9. The molecule has 1 aromatic heterocycles. The number of phenols is 1. The van der Waals surface area contributed by atoms with Crippen LogP contribution >= 0.6 is 0 Å². The van der Waals surface area contributed by atoms with Crippen molar-refractivity contribution in [2.24, 2.45) is 0 Å². The van der Waals surface area contributed by atoms with Gasteiger partial charge in [-0.2, -0.15) is 13.2 Å². The number of rotatable bonds is 4. The van der Waals surface area contributed by atoms with Crippen LogP contribution in [0.5, 0.6) is 5.75 Å². The zero-order chi connectivity index (χ0) is 18.2. The Bertz CT molecular complexity index is 796. The molecule has 2 aromatic rings. The van der Waals surface area contributed by atoms with Crippen LogP contribution in [0.3, 0.4) is 0 Å². The molecule has 0 unspecified atom stereocenters. The molecule has 0 radical (unpaired) electrons. The van der Waals surface area contributed by atoms with Gasteiger partial charge in [-0.1, -0.05) is 0 Å². The van der Waals surface area contributed by atoms with Gasteiger partial charge in [0.1, 0.15) is 11.4 Å². The molecule has 6 nitrogen and oxygen atoms in total. The van der Waals surface area contributed by atoms with Gasteiger partial charge in [0.25, 0.3) is 0 Å². The SMILES string of the molecule is COCC[C@H]1OCc2c(-c3ccc(C(F)(F)F)cc3O)nnc(N)c21. The van der Waals surface area contributed by atoms with Crippen LogP contribution < -0.4 is 5.73 Å². The van der Waals surface area contributed by atoms with Crippen LogP contribution in [0.15, 0.2) is 18.2 Å². The topological polar surface area (TPSA) is 90.5 Å². The first-order chi connectivity index (χ1) is 11.8. The second-order valence-corrected chi connectivity index (χ2v) is 5.64. The standard InChI is InChI=1S/C16H16F3N3O3/c1-24-5-4-12-13-10(7-25-12)14(21-22-15(13)20)9-3-2-8(6-11(9)23)16(17,18)19/h2-3,6,12,23H,4-5,7H2,1H3,(H2,20,22)/t12-/m1/s1. The molecule has 0 bridgehead atoms. The summed E-state index contributed by atoms with van der Waals surface area (Å²) in [4.78, 5) is 0.